The van der Waals surface area contributed by atoms with Crippen molar-refractivity contribution in [3.8, 4) is 0 Å². The number of aryl methyl sites for hydroxylation is 1. The predicted octanol–water partition coefficient (Wildman–Crippen LogP) is 3.45. The van der Waals surface area contributed by atoms with Gasteiger partial charge in [-0.25, -0.2) is 0 Å². The van der Waals surface area contributed by atoms with Gasteiger partial charge in [-0.2, -0.15) is 0 Å². The lowest BCUT2D eigenvalue weighted by Crippen LogP contribution is -2.41. The minimum atomic E-state index is 0.292. The van der Waals surface area contributed by atoms with Crippen molar-refractivity contribution in [2.75, 3.05) is 20.6 Å². The summed E-state index contributed by atoms with van der Waals surface area (Å²) in [5.41, 5.74) is 3.00. The van der Waals surface area contributed by atoms with Gasteiger partial charge in [0.2, 0.25) is 0 Å². The van der Waals surface area contributed by atoms with Gasteiger partial charge in [-0.15, -0.1) is 0 Å². The van der Waals surface area contributed by atoms with Gasteiger partial charge in [-0.1, -0.05) is 50.6 Å². The zero-order valence-electron chi connectivity index (χ0n) is 13.5. The number of hydrogen-bond donors (Lipinski definition) is 1. The van der Waals surface area contributed by atoms with Crippen LogP contribution in [0.4, 0.5) is 0 Å². The molecule has 0 heterocycles. The molecular formula is C17H30N2. The van der Waals surface area contributed by atoms with Crippen LogP contribution in [-0.4, -0.2) is 31.6 Å². The van der Waals surface area contributed by atoms with Gasteiger partial charge < -0.3 is 10.2 Å². The highest BCUT2D eigenvalue weighted by Gasteiger charge is 2.23. The fourth-order valence-electron chi connectivity index (χ4n) is 2.29. The van der Waals surface area contributed by atoms with Crippen molar-refractivity contribution in [2.45, 2.75) is 46.7 Å². The maximum atomic E-state index is 3.73. The lowest BCUT2D eigenvalue weighted by molar-refractivity contribution is 0.231. The van der Waals surface area contributed by atoms with Crippen molar-refractivity contribution in [2.24, 2.45) is 5.41 Å². The van der Waals surface area contributed by atoms with Gasteiger partial charge in [0.25, 0.3) is 0 Å². The molecule has 0 bridgehead atoms. The molecule has 0 unspecified atom stereocenters. The van der Waals surface area contributed by atoms with E-state index in [-0.39, 0.29) is 0 Å². The third-order valence-electron chi connectivity index (χ3n) is 3.55. The second-order valence-corrected chi connectivity index (χ2v) is 6.88. The van der Waals surface area contributed by atoms with Gasteiger partial charge in [-0.05, 0) is 45.0 Å². The van der Waals surface area contributed by atoms with Crippen LogP contribution in [0.5, 0.6) is 0 Å². The van der Waals surface area contributed by atoms with Gasteiger partial charge in [0.05, 0.1) is 0 Å². The van der Waals surface area contributed by atoms with E-state index >= 15 is 0 Å². The molecule has 0 saturated carbocycles. The SMILES string of the molecule is Cc1cccc(CN[C@@H](CCN(C)C)C(C)(C)C)c1. The minimum Gasteiger partial charge on any atom is -0.309 e. The summed E-state index contributed by atoms with van der Waals surface area (Å²) in [6, 6.07) is 9.29. The van der Waals surface area contributed by atoms with E-state index in [0.717, 1.165) is 13.1 Å². The zero-order chi connectivity index (χ0) is 14.5. The quantitative estimate of drug-likeness (QED) is 0.844. The zero-order valence-corrected chi connectivity index (χ0v) is 13.5. The molecule has 1 N–H and O–H groups in total. The van der Waals surface area contributed by atoms with Crippen LogP contribution in [0.25, 0.3) is 0 Å². The first-order valence-electron chi connectivity index (χ1n) is 7.22. The van der Waals surface area contributed by atoms with Crippen LogP contribution in [0, 0.1) is 12.3 Å². The van der Waals surface area contributed by atoms with E-state index in [0.29, 0.717) is 11.5 Å². The summed E-state index contributed by atoms with van der Waals surface area (Å²) in [5, 5.41) is 3.73. The van der Waals surface area contributed by atoms with Crippen molar-refractivity contribution >= 4 is 0 Å². The lowest BCUT2D eigenvalue weighted by atomic mass is 9.84. The summed E-state index contributed by atoms with van der Waals surface area (Å²) >= 11 is 0. The number of nitrogens with zero attached hydrogens (tertiary/aromatic N) is 1. The molecule has 0 aliphatic carbocycles. The van der Waals surface area contributed by atoms with Crippen LogP contribution in [0.1, 0.15) is 38.3 Å². The van der Waals surface area contributed by atoms with Crippen LogP contribution in [-0.2, 0) is 6.54 Å². The molecule has 1 aromatic carbocycles. The van der Waals surface area contributed by atoms with E-state index < -0.39 is 0 Å². The molecule has 0 spiro atoms. The van der Waals surface area contributed by atoms with Crippen molar-refractivity contribution in [1.82, 2.24) is 10.2 Å². The Morgan fingerprint density at radius 3 is 2.42 bits per heavy atom. The molecule has 108 valence electrons. The fourth-order valence-corrected chi connectivity index (χ4v) is 2.29. The molecule has 0 fully saturated rings. The van der Waals surface area contributed by atoms with Crippen LogP contribution in [0.15, 0.2) is 24.3 Å². The summed E-state index contributed by atoms with van der Waals surface area (Å²) in [4.78, 5) is 2.26. The maximum Gasteiger partial charge on any atom is 0.0208 e. The molecule has 2 nitrogen and oxygen atoms in total. The highest BCUT2D eigenvalue weighted by Crippen LogP contribution is 2.22. The van der Waals surface area contributed by atoms with E-state index in [4.69, 9.17) is 0 Å². The monoisotopic (exact) mass is 262 g/mol. The van der Waals surface area contributed by atoms with Gasteiger partial charge in [0.15, 0.2) is 0 Å². The Labute approximate surface area is 119 Å². The van der Waals surface area contributed by atoms with Gasteiger partial charge >= 0.3 is 0 Å². The van der Waals surface area contributed by atoms with E-state index in [9.17, 15) is 0 Å². The second kappa shape index (κ2) is 7.06. The van der Waals surface area contributed by atoms with Crippen molar-refractivity contribution < 1.29 is 0 Å². The molecule has 2 heteroatoms. The molecule has 1 aromatic rings. The van der Waals surface area contributed by atoms with Crippen LogP contribution in [0.3, 0.4) is 0 Å². The van der Waals surface area contributed by atoms with Crippen molar-refractivity contribution in [3.63, 3.8) is 0 Å². The molecule has 0 aromatic heterocycles. The Bertz CT molecular complexity index is 377. The molecule has 1 atom stereocenters. The molecular weight excluding hydrogens is 232 g/mol. The highest BCUT2D eigenvalue weighted by molar-refractivity contribution is 5.22. The third-order valence-corrected chi connectivity index (χ3v) is 3.55. The Balaban J connectivity index is 2.58. The minimum absolute atomic E-state index is 0.292. The van der Waals surface area contributed by atoms with Gasteiger partial charge in [-0.3, -0.25) is 0 Å². The van der Waals surface area contributed by atoms with Gasteiger partial charge in [0.1, 0.15) is 0 Å². The summed E-state index contributed by atoms with van der Waals surface area (Å²) in [6.45, 7) is 11.2. The van der Waals surface area contributed by atoms with E-state index in [2.05, 4.69) is 76.3 Å². The Morgan fingerprint density at radius 2 is 1.89 bits per heavy atom. The second-order valence-electron chi connectivity index (χ2n) is 6.88. The highest BCUT2D eigenvalue weighted by atomic mass is 15.1. The maximum absolute atomic E-state index is 3.73. The Hall–Kier alpha value is -0.860. The fraction of sp³-hybridized carbons (Fsp3) is 0.647. The Kier molecular flexibility index (Phi) is 6.02. The summed E-state index contributed by atoms with van der Waals surface area (Å²) in [7, 11) is 4.28. The molecule has 0 saturated heterocycles. The average molecular weight is 262 g/mol. The van der Waals surface area contributed by atoms with Crippen LogP contribution in [0.2, 0.25) is 0 Å². The number of nitrogens with one attached hydrogen (secondary N) is 1. The molecule has 0 amide bonds. The molecule has 0 aliphatic heterocycles. The molecule has 0 aliphatic rings. The van der Waals surface area contributed by atoms with Crippen LogP contribution < -0.4 is 5.32 Å². The van der Waals surface area contributed by atoms with Crippen LogP contribution >= 0.6 is 0 Å². The smallest absolute Gasteiger partial charge is 0.0208 e. The van der Waals surface area contributed by atoms with E-state index in [1.807, 2.05) is 0 Å². The first kappa shape index (κ1) is 16.2. The van der Waals surface area contributed by atoms with Crippen molar-refractivity contribution in [3.05, 3.63) is 35.4 Å². The standard InChI is InChI=1S/C17H30N2/c1-14-8-7-9-15(12-14)13-18-16(17(2,3)4)10-11-19(5)6/h7-9,12,16,18H,10-11,13H2,1-6H3/t16-/m0/s1. The number of hydrogen-bond acceptors (Lipinski definition) is 2. The molecule has 19 heavy (non-hydrogen) atoms. The number of rotatable bonds is 6. The van der Waals surface area contributed by atoms with E-state index in [1.165, 1.54) is 17.5 Å². The normalized spacial score (nSPS) is 13.8. The van der Waals surface area contributed by atoms with Crippen molar-refractivity contribution in [1.29, 1.82) is 0 Å². The molecule has 0 radical (unpaired) electrons. The third kappa shape index (κ3) is 6.22. The summed E-state index contributed by atoms with van der Waals surface area (Å²) in [6.07, 6.45) is 1.18. The molecule has 1 rings (SSSR count). The average Bonchev–Trinajstić information content (AvgIpc) is 2.26. The Morgan fingerprint density at radius 1 is 1.21 bits per heavy atom. The first-order valence-corrected chi connectivity index (χ1v) is 7.22. The topological polar surface area (TPSA) is 15.3 Å². The first-order chi connectivity index (χ1) is 8.79. The van der Waals surface area contributed by atoms with E-state index in [1.54, 1.807) is 0 Å². The summed E-state index contributed by atoms with van der Waals surface area (Å²) in [5.74, 6) is 0. The predicted molar refractivity (Wildman–Crippen MR) is 84.4 cm³/mol. The number of benzene rings is 1. The lowest BCUT2D eigenvalue weighted by Gasteiger charge is -2.32. The summed E-state index contributed by atoms with van der Waals surface area (Å²) < 4.78 is 0. The van der Waals surface area contributed by atoms with Gasteiger partial charge in [0, 0.05) is 12.6 Å². The largest absolute Gasteiger partial charge is 0.309 e.